The smallest absolute Gasteiger partial charge is 0.463 e. The maximum atomic E-state index is 13.1. The molecule has 0 aliphatic rings. The lowest BCUT2D eigenvalue weighted by molar-refractivity contribution is -0.161. The molecule has 0 heterocycles. The van der Waals surface area contributed by atoms with E-state index in [1.807, 2.05) is 0 Å². The first kappa shape index (κ1) is 126. The molecule has 131 heavy (non-hydrogen) atoms. The number of aliphatic hydroxyl groups excluding tert-OH is 2. The SMILES string of the molecule is CC/C=C\C/C=C\C/C=C\C/C=C\C/C=C\C/C=C\CCCCCCCCCCCCCCCCCCC(=O)OCC(O)COP(=O)(O)OCC(O)COP(=O)(O)OCC(COC(=O)CCCCCCCCCCCCCCCCCCC/C=C\C/C=C\C/C=C\C/C=C\CCCCC)OC(=O)CCCCCCCCCCCCC/C=C\C/C=C\C/C=C\C/C=C\CCCCC. The summed E-state index contributed by atoms with van der Waals surface area (Å²) in [5.41, 5.74) is 0. The molecule has 0 aromatic carbocycles. The Labute approximate surface area is 803 Å². The molecule has 5 atom stereocenters. The van der Waals surface area contributed by atoms with Crippen LogP contribution in [0, 0.1) is 0 Å². The van der Waals surface area contributed by atoms with Crippen LogP contribution in [0.1, 0.15) is 470 Å². The van der Waals surface area contributed by atoms with Gasteiger partial charge in [-0.15, -0.1) is 0 Å². The van der Waals surface area contributed by atoms with E-state index < -0.39 is 91.5 Å². The Kier molecular flexibility index (Phi) is 99.8. The molecule has 0 bridgehead atoms. The van der Waals surface area contributed by atoms with E-state index in [9.17, 15) is 43.5 Å². The summed E-state index contributed by atoms with van der Waals surface area (Å²) in [4.78, 5) is 59.3. The van der Waals surface area contributed by atoms with Gasteiger partial charge in [-0.05, 0) is 161 Å². The van der Waals surface area contributed by atoms with Crippen molar-refractivity contribution < 1.29 is 75.8 Å². The minimum atomic E-state index is -4.95. The molecule has 16 nitrogen and oxygen atoms in total. The first-order valence-electron chi connectivity index (χ1n) is 53.4. The Bertz CT molecular complexity index is 3060. The van der Waals surface area contributed by atoms with Crippen molar-refractivity contribution >= 4 is 33.6 Å². The molecule has 0 radical (unpaired) electrons. The molecular weight excluding hydrogens is 1680 g/mol. The number of phosphoric ester groups is 2. The van der Waals surface area contributed by atoms with E-state index in [1.165, 1.54) is 263 Å². The van der Waals surface area contributed by atoms with Gasteiger partial charge in [-0.3, -0.25) is 32.5 Å². The van der Waals surface area contributed by atoms with Crippen LogP contribution in [-0.2, 0) is 55.8 Å². The number of rotatable bonds is 101. The highest BCUT2D eigenvalue weighted by molar-refractivity contribution is 7.47. The molecule has 0 spiro atoms. The van der Waals surface area contributed by atoms with Crippen molar-refractivity contribution in [2.75, 3.05) is 39.6 Å². The van der Waals surface area contributed by atoms with E-state index in [1.54, 1.807) is 0 Å². The Morgan fingerprint density at radius 2 is 0.405 bits per heavy atom. The Balaban J connectivity index is 4.58. The second-order valence-electron chi connectivity index (χ2n) is 35.7. The number of hydrogen-bond donors (Lipinski definition) is 4. The van der Waals surface area contributed by atoms with Crippen molar-refractivity contribution in [3.63, 3.8) is 0 Å². The maximum Gasteiger partial charge on any atom is 0.472 e. The monoisotopic (exact) mass is 1870 g/mol. The lowest BCUT2D eigenvalue weighted by atomic mass is 10.0. The van der Waals surface area contributed by atoms with Crippen molar-refractivity contribution in [3.05, 3.63) is 170 Å². The highest BCUT2D eigenvalue weighted by Crippen LogP contribution is 2.45. The Hall–Kier alpha value is -5.09. The van der Waals surface area contributed by atoms with Gasteiger partial charge in [0.05, 0.1) is 26.4 Å². The number of ether oxygens (including phenoxy) is 3. The largest absolute Gasteiger partial charge is 0.472 e. The molecule has 0 aromatic heterocycles. The van der Waals surface area contributed by atoms with Crippen LogP contribution < -0.4 is 0 Å². The fraction of sp³-hybridized carbons (Fsp3) is 0.726. The minimum Gasteiger partial charge on any atom is -0.463 e. The first-order valence-corrected chi connectivity index (χ1v) is 56.4. The fourth-order valence-corrected chi connectivity index (χ4v) is 16.4. The van der Waals surface area contributed by atoms with E-state index in [-0.39, 0.29) is 19.3 Å². The van der Waals surface area contributed by atoms with Crippen LogP contribution in [0.4, 0.5) is 0 Å². The number of hydrogen-bond acceptors (Lipinski definition) is 14. The number of phosphoric acid groups is 2. The number of unbranched alkanes of at least 4 members (excludes halogenated alkanes) is 50. The van der Waals surface area contributed by atoms with Crippen LogP contribution >= 0.6 is 15.6 Å². The summed E-state index contributed by atoms with van der Waals surface area (Å²) < 4.78 is 61.8. The van der Waals surface area contributed by atoms with E-state index in [0.717, 1.165) is 148 Å². The van der Waals surface area contributed by atoms with Crippen LogP contribution in [0.5, 0.6) is 0 Å². The standard InChI is InChI=1S/C113H196O16P2/c1-4-7-10-13-16-19-22-25-28-31-34-37-40-43-46-48-50-52-53-55-57-58-61-63-66-69-72-75-78-81-84-87-90-93-96-99-111(116)123-102-108(114)103-125-130(119,120)126-104-109(115)105-127-131(121,122)128-107-110(129-113(118)101-98-95-92-89-86-83-80-77-74-71-68-65-60-45-42-39-36-33-30-27-24-21-18-15-12-9-6-3)106-124-112(117)100-97-94-91-88-85-82-79-76-73-70-67-64-62-59-56-54-51-49-47-44-41-38-35-32-29-26-23-20-17-14-11-8-5-2/h7,10,16-21,25-30,34-39,43-47,50,52,60,108-110,114-115H,4-6,8-9,11-15,22-24,31-33,40-42,48-49,51,53-59,61-107H2,1-3H3,(H,119,120)(H,121,122)/b10-7-,19-16-,20-17-,21-18-,28-25-,29-26-,30-27-,37-34-,38-35-,39-36-,46-43-,47-44-,52-50-,60-45-. The number of carbonyl (C=O) groups is 3. The van der Waals surface area contributed by atoms with E-state index in [2.05, 4.69) is 191 Å². The molecule has 0 saturated heterocycles. The average molecular weight is 1870 g/mol. The zero-order valence-corrected chi connectivity index (χ0v) is 85.5. The van der Waals surface area contributed by atoms with Crippen molar-refractivity contribution in [1.29, 1.82) is 0 Å². The number of aliphatic hydroxyl groups is 2. The van der Waals surface area contributed by atoms with Crippen molar-refractivity contribution in [2.24, 2.45) is 0 Å². The van der Waals surface area contributed by atoms with E-state index >= 15 is 0 Å². The zero-order valence-electron chi connectivity index (χ0n) is 83.7. The third-order valence-electron chi connectivity index (χ3n) is 22.9. The Morgan fingerprint density at radius 3 is 0.641 bits per heavy atom. The molecule has 0 aliphatic heterocycles. The molecule has 0 fully saturated rings. The molecule has 5 unspecified atom stereocenters. The van der Waals surface area contributed by atoms with Gasteiger partial charge in [-0.2, -0.15) is 0 Å². The van der Waals surface area contributed by atoms with Gasteiger partial charge < -0.3 is 34.2 Å². The van der Waals surface area contributed by atoms with Crippen LogP contribution in [-0.4, -0.2) is 95.9 Å². The van der Waals surface area contributed by atoms with Crippen molar-refractivity contribution in [1.82, 2.24) is 0 Å². The molecule has 18 heteroatoms. The maximum absolute atomic E-state index is 13.1. The molecular formula is C113H196O16P2. The molecule has 4 N–H and O–H groups in total. The van der Waals surface area contributed by atoms with E-state index in [4.69, 9.17) is 32.3 Å². The normalized spacial score (nSPS) is 14.3. The van der Waals surface area contributed by atoms with Gasteiger partial charge in [-0.1, -0.05) is 461 Å². The predicted molar refractivity (Wildman–Crippen MR) is 555 cm³/mol. The molecule has 0 amide bonds. The van der Waals surface area contributed by atoms with Gasteiger partial charge in [0.25, 0.3) is 0 Å². The van der Waals surface area contributed by atoms with Crippen LogP contribution in [0.3, 0.4) is 0 Å². The molecule has 0 rings (SSSR count). The molecule has 0 aromatic rings. The quantitative estimate of drug-likeness (QED) is 0.0146. The topological polar surface area (TPSA) is 231 Å². The van der Waals surface area contributed by atoms with Gasteiger partial charge >= 0.3 is 33.6 Å². The minimum absolute atomic E-state index is 0.0995. The summed E-state index contributed by atoms with van der Waals surface area (Å²) in [5.74, 6) is -1.56. The lowest BCUT2D eigenvalue weighted by Gasteiger charge is -2.21. The number of allylic oxidation sites excluding steroid dienone is 28. The Morgan fingerprint density at radius 1 is 0.221 bits per heavy atom. The summed E-state index contributed by atoms with van der Waals surface area (Å²) in [5, 5.41) is 20.8. The number of carbonyl (C=O) groups excluding carboxylic acids is 3. The summed E-state index contributed by atoms with van der Waals surface area (Å²) >= 11 is 0. The molecule has 0 aliphatic carbocycles. The third kappa shape index (κ3) is 105. The highest BCUT2D eigenvalue weighted by atomic mass is 31.2. The summed E-state index contributed by atoms with van der Waals surface area (Å²) in [6.07, 6.45) is 137. The van der Waals surface area contributed by atoms with Crippen LogP contribution in [0.2, 0.25) is 0 Å². The average Bonchev–Trinajstić information content (AvgIpc) is 0.885. The van der Waals surface area contributed by atoms with Crippen LogP contribution in [0.25, 0.3) is 0 Å². The van der Waals surface area contributed by atoms with Gasteiger partial charge in [0.1, 0.15) is 25.4 Å². The molecule has 754 valence electrons. The van der Waals surface area contributed by atoms with E-state index in [0.29, 0.717) is 19.3 Å². The third-order valence-corrected chi connectivity index (χ3v) is 24.8. The van der Waals surface area contributed by atoms with Crippen molar-refractivity contribution in [2.45, 2.75) is 489 Å². The fourth-order valence-electron chi connectivity index (χ4n) is 14.8. The lowest BCUT2D eigenvalue weighted by Crippen LogP contribution is -2.30. The van der Waals surface area contributed by atoms with Crippen molar-refractivity contribution in [3.8, 4) is 0 Å². The zero-order chi connectivity index (χ0) is 95.0. The molecule has 0 saturated carbocycles. The highest BCUT2D eigenvalue weighted by Gasteiger charge is 2.30. The first-order chi connectivity index (χ1) is 64.2. The number of esters is 3. The van der Waals surface area contributed by atoms with Gasteiger partial charge in [0, 0.05) is 19.3 Å². The van der Waals surface area contributed by atoms with Gasteiger partial charge in [0.2, 0.25) is 0 Å². The second-order valence-corrected chi connectivity index (χ2v) is 38.6. The summed E-state index contributed by atoms with van der Waals surface area (Å²) in [6, 6.07) is 0. The summed E-state index contributed by atoms with van der Waals surface area (Å²) in [6.45, 7) is 2.60. The van der Waals surface area contributed by atoms with Gasteiger partial charge in [0.15, 0.2) is 6.10 Å². The second kappa shape index (κ2) is 104. The summed E-state index contributed by atoms with van der Waals surface area (Å²) in [7, 11) is -9.82. The predicted octanol–water partition coefficient (Wildman–Crippen LogP) is 34.1. The van der Waals surface area contributed by atoms with Gasteiger partial charge in [-0.25, -0.2) is 9.13 Å². The van der Waals surface area contributed by atoms with Crippen LogP contribution in [0.15, 0.2) is 170 Å².